The lowest BCUT2D eigenvalue weighted by Gasteiger charge is -2.19. The number of ether oxygens (including phenoxy) is 2. The van der Waals surface area contributed by atoms with Gasteiger partial charge in [-0.25, -0.2) is 4.79 Å². The minimum atomic E-state index is -0.508. The fourth-order valence-electron chi connectivity index (χ4n) is 2.93. The van der Waals surface area contributed by atoms with Crippen LogP contribution in [0, 0.1) is 0 Å². The molecule has 0 bridgehead atoms. The van der Waals surface area contributed by atoms with Crippen LogP contribution in [-0.2, 0) is 11.3 Å². The molecule has 5 heteroatoms. The van der Waals surface area contributed by atoms with Gasteiger partial charge in [-0.05, 0) is 74.2 Å². The van der Waals surface area contributed by atoms with E-state index in [1.807, 2.05) is 40.0 Å². The van der Waals surface area contributed by atoms with E-state index in [2.05, 4.69) is 54.8 Å². The number of hydrogen-bond acceptors (Lipinski definition) is 4. The third kappa shape index (κ3) is 7.78. The van der Waals surface area contributed by atoms with Crippen LogP contribution in [0.25, 0.3) is 11.1 Å². The Hall–Kier alpha value is -2.53. The normalized spacial score (nSPS) is 11.4. The molecule has 0 aliphatic rings. The van der Waals surface area contributed by atoms with Crippen LogP contribution in [0.4, 0.5) is 4.79 Å². The van der Waals surface area contributed by atoms with Gasteiger partial charge in [0.15, 0.2) is 0 Å². The number of rotatable bonds is 8. The smallest absolute Gasteiger partial charge is 0.407 e. The van der Waals surface area contributed by atoms with Gasteiger partial charge in [-0.1, -0.05) is 38.1 Å². The summed E-state index contributed by atoms with van der Waals surface area (Å²) in [4.78, 5) is 11.7. The molecule has 29 heavy (non-hydrogen) atoms. The molecule has 0 fully saturated rings. The summed E-state index contributed by atoms with van der Waals surface area (Å²) in [6, 6.07) is 14.9. The molecular formula is C24H34N2O3. The van der Waals surface area contributed by atoms with E-state index in [4.69, 9.17) is 9.47 Å². The van der Waals surface area contributed by atoms with E-state index >= 15 is 0 Å². The second kappa shape index (κ2) is 10.3. The quantitative estimate of drug-likeness (QED) is 0.608. The van der Waals surface area contributed by atoms with Crippen LogP contribution >= 0.6 is 0 Å². The fourth-order valence-corrected chi connectivity index (χ4v) is 2.93. The Labute approximate surface area is 174 Å². The lowest BCUT2D eigenvalue weighted by atomic mass is 9.96. The molecule has 0 saturated carbocycles. The van der Waals surface area contributed by atoms with Crippen molar-refractivity contribution in [1.82, 2.24) is 10.6 Å². The molecule has 5 nitrogen and oxygen atoms in total. The van der Waals surface area contributed by atoms with Gasteiger partial charge < -0.3 is 20.1 Å². The Bertz CT molecular complexity index is 810. The van der Waals surface area contributed by atoms with E-state index < -0.39 is 11.7 Å². The molecule has 0 aliphatic carbocycles. The van der Waals surface area contributed by atoms with Crippen molar-refractivity contribution in [2.45, 2.75) is 52.7 Å². The minimum absolute atomic E-state index is 0.369. The van der Waals surface area contributed by atoms with Crippen LogP contribution in [0.5, 0.6) is 5.75 Å². The van der Waals surface area contributed by atoms with Crippen LogP contribution in [-0.4, -0.2) is 31.9 Å². The van der Waals surface area contributed by atoms with Crippen molar-refractivity contribution in [2.24, 2.45) is 0 Å². The molecule has 0 saturated heterocycles. The predicted octanol–water partition coefficient (Wildman–Crippen LogP) is 5.10. The molecule has 0 unspecified atom stereocenters. The van der Waals surface area contributed by atoms with Crippen molar-refractivity contribution in [2.75, 3.05) is 20.2 Å². The van der Waals surface area contributed by atoms with Crippen molar-refractivity contribution < 1.29 is 14.3 Å². The minimum Gasteiger partial charge on any atom is -0.492 e. The van der Waals surface area contributed by atoms with Crippen molar-refractivity contribution in [3.05, 3.63) is 53.6 Å². The maximum Gasteiger partial charge on any atom is 0.407 e. The maximum absolute atomic E-state index is 11.7. The number of amides is 1. The monoisotopic (exact) mass is 398 g/mol. The first-order chi connectivity index (χ1) is 13.7. The number of carbonyl (C=O) groups excluding carboxylic acids is 1. The van der Waals surface area contributed by atoms with E-state index in [0.717, 1.165) is 23.4 Å². The van der Waals surface area contributed by atoms with E-state index in [1.54, 1.807) is 0 Å². The Morgan fingerprint density at radius 1 is 1.07 bits per heavy atom. The Kier molecular flexibility index (Phi) is 8.09. The first-order valence-corrected chi connectivity index (χ1v) is 10.2. The van der Waals surface area contributed by atoms with Gasteiger partial charge in [0.05, 0.1) is 6.54 Å². The zero-order chi connectivity index (χ0) is 21.4. The highest BCUT2D eigenvalue weighted by atomic mass is 16.6. The molecule has 158 valence electrons. The van der Waals surface area contributed by atoms with Crippen LogP contribution in [0.3, 0.4) is 0 Å². The molecular weight excluding hydrogens is 364 g/mol. The standard InChI is InChI=1S/C24H34N2O3/c1-17(2)19-8-7-9-20(14-19)21-12-18(16-25-6)13-22(15-21)28-11-10-26-23(27)29-24(3,4)5/h7-9,12-15,17,25H,10-11,16H2,1-6H3,(H,26,27). The Morgan fingerprint density at radius 2 is 1.83 bits per heavy atom. The lowest BCUT2D eigenvalue weighted by molar-refractivity contribution is 0.0520. The average Bonchev–Trinajstić information content (AvgIpc) is 2.64. The number of alkyl carbamates (subject to hydrolysis) is 1. The number of carbonyl (C=O) groups is 1. The van der Waals surface area contributed by atoms with Crippen molar-refractivity contribution in [3.63, 3.8) is 0 Å². The van der Waals surface area contributed by atoms with Gasteiger partial charge in [0.1, 0.15) is 18.0 Å². The topological polar surface area (TPSA) is 59.6 Å². The largest absolute Gasteiger partial charge is 0.492 e. The van der Waals surface area contributed by atoms with E-state index in [9.17, 15) is 4.79 Å². The highest BCUT2D eigenvalue weighted by molar-refractivity contribution is 5.68. The summed E-state index contributed by atoms with van der Waals surface area (Å²) in [7, 11) is 1.93. The third-order valence-corrected chi connectivity index (χ3v) is 4.27. The number of hydrogen-bond donors (Lipinski definition) is 2. The van der Waals surface area contributed by atoms with E-state index in [-0.39, 0.29) is 0 Å². The third-order valence-electron chi connectivity index (χ3n) is 4.27. The molecule has 0 aromatic heterocycles. The van der Waals surface area contributed by atoms with E-state index in [1.165, 1.54) is 11.1 Å². The lowest BCUT2D eigenvalue weighted by Crippen LogP contribution is -2.34. The summed E-state index contributed by atoms with van der Waals surface area (Å²) in [5.74, 6) is 1.26. The summed E-state index contributed by atoms with van der Waals surface area (Å²) in [6.45, 7) is 11.4. The zero-order valence-corrected chi connectivity index (χ0v) is 18.5. The first-order valence-electron chi connectivity index (χ1n) is 10.2. The Morgan fingerprint density at radius 3 is 2.48 bits per heavy atom. The van der Waals surface area contributed by atoms with Crippen LogP contribution in [0.1, 0.15) is 51.7 Å². The van der Waals surface area contributed by atoms with Gasteiger partial charge in [0, 0.05) is 6.54 Å². The van der Waals surface area contributed by atoms with Crippen molar-refractivity contribution >= 4 is 6.09 Å². The van der Waals surface area contributed by atoms with Crippen LogP contribution < -0.4 is 15.4 Å². The molecule has 0 spiro atoms. The SMILES string of the molecule is CNCc1cc(OCCNC(=O)OC(C)(C)C)cc(-c2cccc(C(C)C)c2)c1. The van der Waals surface area contributed by atoms with Crippen molar-refractivity contribution in [1.29, 1.82) is 0 Å². The highest BCUT2D eigenvalue weighted by Crippen LogP contribution is 2.28. The Balaban J connectivity index is 2.08. The number of benzene rings is 2. The van der Waals surface area contributed by atoms with Gasteiger partial charge in [-0.3, -0.25) is 0 Å². The molecule has 0 atom stereocenters. The van der Waals surface area contributed by atoms with Crippen LogP contribution in [0.15, 0.2) is 42.5 Å². The summed E-state index contributed by atoms with van der Waals surface area (Å²) in [5, 5.41) is 5.91. The molecule has 0 radical (unpaired) electrons. The second-order valence-corrected chi connectivity index (χ2v) is 8.45. The zero-order valence-electron chi connectivity index (χ0n) is 18.5. The molecule has 2 N–H and O–H groups in total. The van der Waals surface area contributed by atoms with Gasteiger partial charge in [-0.15, -0.1) is 0 Å². The first kappa shape index (κ1) is 22.8. The summed E-state index contributed by atoms with van der Waals surface area (Å²) >= 11 is 0. The van der Waals surface area contributed by atoms with Crippen molar-refractivity contribution in [3.8, 4) is 16.9 Å². The molecule has 2 rings (SSSR count). The molecule has 0 heterocycles. The van der Waals surface area contributed by atoms with Gasteiger partial charge >= 0.3 is 6.09 Å². The summed E-state index contributed by atoms with van der Waals surface area (Å²) < 4.78 is 11.1. The fraction of sp³-hybridized carbons (Fsp3) is 0.458. The average molecular weight is 399 g/mol. The van der Waals surface area contributed by atoms with Gasteiger partial charge in [0.25, 0.3) is 0 Å². The number of nitrogens with one attached hydrogen (secondary N) is 2. The predicted molar refractivity (Wildman–Crippen MR) is 118 cm³/mol. The molecule has 2 aromatic carbocycles. The summed E-state index contributed by atoms with van der Waals surface area (Å²) in [5.41, 5.74) is 4.24. The molecule has 1 amide bonds. The highest BCUT2D eigenvalue weighted by Gasteiger charge is 2.15. The van der Waals surface area contributed by atoms with E-state index in [0.29, 0.717) is 19.1 Å². The van der Waals surface area contributed by atoms with Gasteiger partial charge in [-0.2, -0.15) is 0 Å². The maximum atomic E-state index is 11.7. The molecule has 0 aliphatic heterocycles. The molecule has 2 aromatic rings. The summed E-state index contributed by atoms with van der Waals surface area (Å²) in [6.07, 6.45) is -0.434. The van der Waals surface area contributed by atoms with Crippen LogP contribution in [0.2, 0.25) is 0 Å². The second-order valence-electron chi connectivity index (χ2n) is 8.45. The van der Waals surface area contributed by atoms with Gasteiger partial charge in [0.2, 0.25) is 0 Å².